The summed E-state index contributed by atoms with van der Waals surface area (Å²) >= 11 is 0. The van der Waals surface area contributed by atoms with Gasteiger partial charge in [0.2, 0.25) is 5.89 Å². The van der Waals surface area contributed by atoms with Crippen LogP contribution in [0.15, 0.2) is 23.2 Å². The first-order valence-electron chi connectivity index (χ1n) is 9.05. The van der Waals surface area contributed by atoms with Crippen molar-refractivity contribution in [2.24, 2.45) is 5.92 Å². The summed E-state index contributed by atoms with van der Waals surface area (Å²) in [6, 6.07) is -0.557. The lowest BCUT2D eigenvalue weighted by atomic mass is 9.91. The first-order valence-corrected chi connectivity index (χ1v) is 9.05. The number of hydrogen-bond acceptors (Lipinski definition) is 6. The standard InChI is InChI=1S/C17H26N6O3/c1-12(2)15-21-16(26-22-15)14(13-3-9-25-10-4-13)20-17(24)19-6-8-23-7-5-18-11-23/h5,7,11-14H,3-4,6,8-10H2,1-2H3,(H2,19,20,24). The Morgan fingerprint density at radius 3 is 2.85 bits per heavy atom. The third kappa shape index (κ3) is 4.81. The minimum absolute atomic E-state index is 0.173. The highest BCUT2D eigenvalue weighted by atomic mass is 16.5. The normalized spacial score (nSPS) is 16.6. The molecule has 1 unspecified atom stereocenters. The molecule has 26 heavy (non-hydrogen) atoms. The van der Waals surface area contributed by atoms with Crippen molar-refractivity contribution >= 4 is 6.03 Å². The molecule has 3 rings (SSSR count). The summed E-state index contributed by atoms with van der Waals surface area (Å²) in [4.78, 5) is 20.8. The lowest BCUT2D eigenvalue weighted by molar-refractivity contribution is 0.0503. The molecular weight excluding hydrogens is 336 g/mol. The smallest absolute Gasteiger partial charge is 0.315 e. The molecule has 0 bridgehead atoms. The zero-order valence-corrected chi connectivity index (χ0v) is 15.2. The minimum atomic E-state index is -0.313. The van der Waals surface area contributed by atoms with Crippen molar-refractivity contribution in [3.63, 3.8) is 0 Å². The number of imidazole rings is 1. The average Bonchev–Trinajstić information content (AvgIpc) is 3.32. The number of hydrogen-bond donors (Lipinski definition) is 2. The Kier molecular flexibility index (Phi) is 6.21. The van der Waals surface area contributed by atoms with E-state index in [0.717, 1.165) is 12.8 Å². The van der Waals surface area contributed by atoms with E-state index in [1.54, 1.807) is 12.5 Å². The molecule has 0 spiro atoms. The van der Waals surface area contributed by atoms with E-state index in [0.29, 0.717) is 38.0 Å². The first kappa shape index (κ1) is 18.4. The van der Waals surface area contributed by atoms with E-state index >= 15 is 0 Å². The molecule has 0 saturated carbocycles. The van der Waals surface area contributed by atoms with Crippen LogP contribution >= 0.6 is 0 Å². The minimum Gasteiger partial charge on any atom is -0.381 e. The molecule has 2 aromatic heterocycles. The quantitative estimate of drug-likeness (QED) is 0.778. The number of aromatic nitrogens is 4. The number of rotatable bonds is 7. The molecule has 1 atom stereocenters. The maximum atomic E-state index is 12.4. The molecule has 0 aliphatic carbocycles. The Labute approximate surface area is 152 Å². The van der Waals surface area contributed by atoms with Gasteiger partial charge in [0.1, 0.15) is 6.04 Å². The van der Waals surface area contributed by atoms with Crippen LogP contribution < -0.4 is 10.6 Å². The molecule has 1 saturated heterocycles. The molecule has 1 aliphatic heterocycles. The summed E-state index contributed by atoms with van der Waals surface area (Å²) < 4.78 is 12.8. The van der Waals surface area contributed by atoms with Crippen LogP contribution in [0.25, 0.3) is 0 Å². The van der Waals surface area contributed by atoms with Gasteiger partial charge in [-0.05, 0) is 18.8 Å². The van der Waals surface area contributed by atoms with Gasteiger partial charge in [-0.25, -0.2) is 9.78 Å². The number of carbonyl (C=O) groups excluding carboxylic acids is 1. The van der Waals surface area contributed by atoms with E-state index < -0.39 is 0 Å². The number of urea groups is 1. The fraction of sp³-hybridized carbons (Fsp3) is 0.647. The van der Waals surface area contributed by atoms with Crippen LogP contribution in [-0.4, -0.2) is 45.5 Å². The highest BCUT2D eigenvalue weighted by Crippen LogP contribution is 2.29. The Bertz CT molecular complexity index is 678. The Morgan fingerprint density at radius 1 is 1.38 bits per heavy atom. The Hall–Kier alpha value is -2.42. The first-order chi connectivity index (χ1) is 12.6. The van der Waals surface area contributed by atoms with Crippen molar-refractivity contribution in [2.75, 3.05) is 19.8 Å². The lowest BCUT2D eigenvalue weighted by Crippen LogP contribution is -2.42. The van der Waals surface area contributed by atoms with Gasteiger partial charge in [-0.3, -0.25) is 0 Å². The van der Waals surface area contributed by atoms with Crippen molar-refractivity contribution in [2.45, 2.75) is 45.2 Å². The van der Waals surface area contributed by atoms with Crippen LogP contribution in [0, 0.1) is 5.92 Å². The van der Waals surface area contributed by atoms with Crippen LogP contribution in [0.1, 0.15) is 50.4 Å². The molecule has 142 valence electrons. The third-order valence-electron chi connectivity index (χ3n) is 4.48. The highest BCUT2D eigenvalue weighted by Gasteiger charge is 2.31. The molecule has 2 aromatic rings. The summed E-state index contributed by atoms with van der Waals surface area (Å²) in [6.07, 6.45) is 6.98. The molecule has 3 heterocycles. The van der Waals surface area contributed by atoms with Gasteiger partial charge in [0, 0.05) is 44.6 Å². The van der Waals surface area contributed by atoms with Crippen LogP contribution in [0.2, 0.25) is 0 Å². The van der Waals surface area contributed by atoms with E-state index in [1.807, 2.05) is 24.6 Å². The van der Waals surface area contributed by atoms with Gasteiger partial charge < -0.3 is 24.5 Å². The van der Waals surface area contributed by atoms with Crippen LogP contribution in [0.3, 0.4) is 0 Å². The third-order valence-corrected chi connectivity index (χ3v) is 4.48. The molecule has 9 nitrogen and oxygen atoms in total. The average molecular weight is 362 g/mol. The molecule has 2 amide bonds. The Balaban J connectivity index is 1.61. The fourth-order valence-electron chi connectivity index (χ4n) is 2.95. The van der Waals surface area contributed by atoms with Crippen LogP contribution in [-0.2, 0) is 11.3 Å². The van der Waals surface area contributed by atoms with Crippen molar-refractivity contribution in [3.8, 4) is 0 Å². The van der Waals surface area contributed by atoms with E-state index in [-0.39, 0.29) is 23.9 Å². The lowest BCUT2D eigenvalue weighted by Gasteiger charge is -2.28. The van der Waals surface area contributed by atoms with Crippen molar-refractivity contribution in [3.05, 3.63) is 30.4 Å². The summed E-state index contributed by atoms with van der Waals surface area (Å²) in [5.74, 6) is 1.50. The van der Waals surface area contributed by atoms with Gasteiger partial charge in [0.05, 0.1) is 6.33 Å². The second-order valence-electron chi connectivity index (χ2n) is 6.77. The van der Waals surface area contributed by atoms with E-state index in [2.05, 4.69) is 25.8 Å². The second kappa shape index (κ2) is 8.79. The van der Waals surface area contributed by atoms with Crippen molar-refractivity contribution in [1.29, 1.82) is 0 Å². The molecule has 0 radical (unpaired) electrons. The molecule has 9 heteroatoms. The van der Waals surface area contributed by atoms with Gasteiger partial charge in [0.15, 0.2) is 5.82 Å². The largest absolute Gasteiger partial charge is 0.381 e. The van der Waals surface area contributed by atoms with E-state index in [4.69, 9.17) is 9.26 Å². The SMILES string of the molecule is CC(C)c1noc(C(NC(=O)NCCn2ccnc2)C2CCOCC2)n1. The van der Waals surface area contributed by atoms with Gasteiger partial charge in [-0.15, -0.1) is 0 Å². The predicted octanol–water partition coefficient (Wildman–Crippen LogP) is 1.86. The molecule has 1 aliphatic rings. The van der Waals surface area contributed by atoms with Gasteiger partial charge in [-0.2, -0.15) is 4.98 Å². The summed E-state index contributed by atoms with van der Waals surface area (Å²) in [6.45, 7) is 6.53. The number of amides is 2. The van der Waals surface area contributed by atoms with Crippen LogP contribution in [0.5, 0.6) is 0 Å². The maximum Gasteiger partial charge on any atom is 0.315 e. The second-order valence-corrected chi connectivity index (χ2v) is 6.77. The fourth-order valence-corrected chi connectivity index (χ4v) is 2.95. The summed E-state index contributed by atoms with van der Waals surface area (Å²) in [5, 5.41) is 9.91. The topological polar surface area (TPSA) is 107 Å². The van der Waals surface area contributed by atoms with Gasteiger partial charge in [-0.1, -0.05) is 19.0 Å². The van der Waals surface area contributed by atoms with Gasteiger partial charge in [0.25, 0.3) is 0 Å². The number of ether oxygens (including phenoxy) is 1. The summed E-state index contributed by atoms with van der Waals surface area (Å²) in [7, 11) is 0. The molecule has 0 aromatic carbocycles. The van der Waals surface area contributed by atoms with E-state index in [9.17, 15) is 4.79 Å². The molecule has 1 fully saturated rings. The molecular formula is C17H26N6O3. The zero-order valence-electron chi connectivity index (χ0n) is 15.2. The molecule has 2 N–H and O–H groups in total. The Morgan fingerprint density at radius 2 is 2.19 bits per heavy atom. The number of nitrogens with zero attached hydrogens (tertiary/aromatic N) is 4. The predicted molar refractivity (Wildman–Crippen MR) is 93.4 cm³/mol. The van der Waals surface area contributed by atoms with Crippen molar-refractivity contribution in [1.82, 2.24) is 30.3 Å². The monoisotopic (exact) mass is 362 g/mol. The van der Waals surface area contributed by atoms with Gasteiger partial charge >= 0.3 is 6.03 Å². The number of nitrogens with one attached hydrogen (secondary N) is 2. The van der Waals surface area contributed by atoms with Crippen LogP contribution in [0.4, 0.5) is 4.79 Å². The zero-order chi connectivity index (χ0) is 18.4. The number of carbonyl (C=O) groups is 1. The van der Waals surface area contributed by atoms with E-state index in [1.165, 1.54) is 0 Å². The maximum absolute atomic E-state index is 12.4. The highest BCUT2D eigenvalue weighted by molar-refractivity contribution is 5.74. The van der Waals surface area contributed by atoms with Crippen molar-refractivity contribution < 1.29 is 14.1 Å². The summed E-state index contributed by atoms with van der Waals surface area (Å²) in [5.41, 5.74) is 0.